The van der Waals surface area contributed by atoms with Crippen molar-refractivity contribution in [2.75, 3.05) is 19.6 Å². The third-order valence-electron chi connectivity index (χ3n) is 4.21. The summed E-state index contributed by atoms with van der Waals surface area (Å²) < 4.78 is 5.32. The molecule has 1 aliphatic heterocycles. The fourth-order valence-corrected chi connectivity index (χ4v) is 2.90. The molecule has 1 aliphatic rings. The lowest BCUT2D eigenvalue weighted by Gasteiger charge is -2.27. The van der Waals surface area contributed by atoms with Crippen LogP contribution in [-0.4, -0.2) is 34.7 Å². The monoisotopic (exact) mass is 294 g/mol. The van der Waals surface area contributed by atoms with Gasteiger partial charge in [0.15, 0.2) is 5.82 Å². The number of rotatable bonds is 9. The van der Waals surface area contributed by atoms with Gasteiger partial charge in [0.05, 0.1) is 6.04 Å². The van der Waals surface area contributed by atoms with Crippen LogP contribution < -0.4 is 5.73 Å². The Morgan fingerprint density at radius 1 is 1.14 bits per heavy atom. The minimum Gasteiger partial charge on any atom is -0.339 e. The van der Waals surface area contributed by atoms with Crippen LogP contribution in [0.5, 0.6) is 0 Å². The predicted octanol–water partition coefficient (Wildman–Crippen LogP) is 3.07. The molecule has 0 aromatic carbocycles. The maximum Gasteiger partial charge on any atom is 0.226 e. The van der Waals surface area contributed by atoms with Gasteiger partial charge in [-0.3, -0.25) is 0 Å². The van der Waals surface area contributed by atoms with Gasteiger partial charge in [0.1, 0.15) is 0 Å². The number of hydrogen-bond donors (Lipinski definition) is 1. The predicted molar refractivity (Wildman–Crippen MR) is 84.0 cm³/mol. The Balaban J connectivity index is 1.70. The molecule has 2 heterocycles. The van der Waals surface area contributed by atoms with Crippen molar-refractivity contribution in [2.45, 2.75) is 70.8 Å². The van der Waals surface area contributed by atoms with Crippen molar-refractivity contribution < 1.29 is 4.52 Å². The summed E-state index contributed by atoms with van der Waals surface area (Å²) in [5.41, 5.74) is 6.21. The zero-order valence-corrected chi connectivity index (χ0v) is 13.4. The van der Waals surface area contributed by atoms with Gasteiger partial charge in [0.25, 0.3) is 0 Å². The van der Waals surface area contributed by atoms with Gasteiger partial charge in [-0.1, -0.05) is 44.2 Å². The summed E-state index contributed by atoms with van der Waals surface area (Å²) in [4.78, 5) is 6.88. The summed E-state index contributed by atoms with van der Waals surface area (Å²) in [6.45, 7) is 5.37. The molecule has 0 bridgehead atoms. The van der Waals surface area contributed by atoms with Crippen LogP contribution in [0.15, 0.2) is 4.52 Å². The molecule has 0 radical (unpaired) electrons. The number of aromatic nitrogens is 2. The van der Waals surface area contributed by atoms with Gasteiger partial charge in [0.2, 0.25) is 5.89 Å². The van der Waals surface area contributed by atoms with Crippen molar-refractivity contribution >= 4 is 0 Å². The molecule has 120 valence electrons. The van der Waals surface area contributed by atoms with E-state index in [-0.39, 0.29) is 6.04 Å². The molecule has 21 heavy (non-hydrogen) atoms. The summed E-state index contributed by atoms with van der Waals surface area (Å²) in [5.74, 6) is 1.42. The normalized spacial score (nSPS) is 18.0. The van der Waals surface area contributed by atoms with E-state index in [1.165, 1.54) is 44.9 Å². The summed E-state index contributed by atoms with van der Waals surface area (Å²) >= 11 is 0. The smallest absolute Gasteiger partial charge is 0.226 e. The maximum atomic E-state index is 6.21. The van der Waals surface area contributed by atoms with Crippen LogP contribution in [0.3, 0.4) is 0 Å². The van der Waals surface area contributed by atoms with E-state index in [1.54, 1.807) is 0 Å². The molecule has 0 spiro atoms. The first-order valence-electron chi connectivity index (χ1n) is 8.60. The molecule has 0 aliphatic carbocycles. The Bertz CT molecular complexity index is 387. The summed E-state index contributed by atoms with van der Waals surface area (Å²) in [6.07, 6.45) is 11.0. The zero-order valence-electron chi connectivity index (χ0n) is 13.4. The van der Waals surface area contributed by atoms with Crippen LogP contribution in [0.1, 0.15) is 76.0 Å². The van der Waals surface area contributed by atoms with E-state index in [9.17, 15) is 0 Å². The number of nitrogens with two attached hydrogens (primary N) is 1. The maximum absolute atomic E-state index is 6.21. The molecule has 1 atom stereocenters. The van der Waals surface area contributed by atoms with E-state index in [2.05, 4.69) is 22.0 Å². The van der Waals surface area contributed by atoms with Crippen LogP contribution in [-0.2, 0) is 6.42 Å². The Kier molecular flexibility index (Phi) is 7.16. The molecule has 1 fully saturated rings. The highest BCUT2D eigenvalue weighted by Crippen LogP contribution is 2.14. The average molecular weight is 294 g/mol. The van der Waals surface area contributed by atoms with E-state index >= 15 is 0 Å². The highest BCUT2D eigenvalue weighted by molar-refractivity contribution is 4.94. The fourth-order valence-electron chi connectivity index (χ4n) is 2.90. The van der Waals surface area contributed by atoms with E-state index in [0.717, 1.165) is 38.4 Å². The number of likely N-dealkylation sites (tertiary alicyclic amines) is 1. The lowest BCUT2D eigenvalue weighted by molar-refractivity contribution is 0.213. The Morgan fingerprint density at radius 2 is 1.90 bits per heavy atom. The van der Waals surface area contributed by atoms with Crippen LogP contribution in [0.2, 0.25) is 0 Å². The van der Waals surface area contributed by atoms with Gasteiger partial charge in [-0.05, 0) is 32.4 Å². The number of unbranched alkanes of at least 4 members (excludes halogenated alkanes) is 4. The average Bonchev–Trinajstić information content (AvgIpc) is 2.97. The third-order valence-corrected chi connectivity index (χ3v) is 4.21. The molecule has 2 rings (SSSR count). The standard InChI is InChI=1S/C16H30N4O/c1-2-3-4-5-7-10-15-18-16(19-21-15)14(17)13-20-11-8-6-9-12-20/h14H,2-13,17H2,1H3. The molecule has 5 nitrogen and oxygen atoms in total. The van der Waals surface area contributed by atoms with Crippen LogP contribution >= 0.6 is 0 Å². The Hall–Kier alpha value is -0.940. The minimum absolute atomic E-state index is 0.124. The molecular formula is C16H30N4O. The Labute approximate surface area is 128 Å². The first-order chi connectivity index (χ1) is 10.3. The molecule has 1 saturated heterocycles. The summed E-state index contributed by atoms with van der Waals surface area (Å²) in [5, 5.41) is 4.06. The highest BCUT2D eigenvalue weighted by Gasteiger charge is 2.19. The molecule has 5 heteroatoms. The van der Waals surface area contributed by atoms with Crippen molar-refractivity contribution in [1.29, 1.82) is 0 Å². The molecule has 1 unspecified atom stereocenters. The van der Waals surface area contributed by atoms with E-state index in [0.29, 0.717) is 5.82 Å². The minimum atomic E-state index is -0.124. The van der Waals surface area contributed by atoms with Crippen molar-refractivity contribution in [3.8, 4) is 0 Å². The molecule has 0 amide bonds. The zero-order chi connectivity index (χ0) is 14.9. The number of aryl methyl sites for hydroxylation is 1. The number of nitrogens with zero attached hydrogens (tertiary/aromatic N) is 3. The second-order valence-electron chi connectivity index (χ2n) is 6.18. The second-order valence-corrected chi connectivity index (χ2v) is 6.18. The molecular weight excluding hydrogens is 264 g/mol. The third kappa shape index (κ3) is 5.75. The van der Waals surface area contributed by atoms with Gasteiger partial charge < -0.3 is 15.2 Å². The van der Waals surface area contributed by atoms with Crippen molar-refractivity contribution in [1.82, 2.24) is 15.0 Å². The first-order valence-corrected chi connectivity index (χ1v) is 8.60. The lowest BCUT2D eigenvalue weighted by Crippen LogP contribution is -2.36. The second kappa shape index (κ2) is 9.15. The molecule has 2 N–H and O–H groups in total. The van der Waals surface area contributed by atoms with Crippen LogP contribution in [0.25, 0.3) is 0 Å². The van der Waals surface area contributed by atoms with Gasteiger partial charge in [-0.25, -0.2) is 0 Å². The van der Waals surface area contributed by atoms with Gasteiger partial charge >= 0.3 is 0 Å². The summed E-state index contributed by atoms with van der Waals surface area (Å²) in [6, 6.07) is -0.124. The number of hydrogen-bond acceptors (Lipinski definition) is 5. The molecule has 1 aromatic heterocycles. The topological polar surface area (TPSA) is 68.2 Å². The quantitative estimate of drug-likeness (QED) is 0.709. The van der Waals surface area contributed by atoms with Crippen molar-refractivity contribution in [3.63, 3.8) is 0 Å². The molecule has 1 aromatic rings. The van der Waals surface area contributed by atoms with E-state index in [1.807, 2.05) is 0 Å². The fraction of sp³-hybridized carbons (Fsp3) is 0.875. The van der Waals surface area contributed by atoms with Gasteiger partial charge in [-0.2, -0.15) is 4.98 Å². The molecule has 0 saturated carbocycles. The number of piperidine rings is 1. The van der Waals surface area contributed by atoms with Gasteiger partial charge in [0, 0.05) is 13.0 Å². The van der Waals surface area contributed by atoms with Gasteiger partial charge in [-0.15, -0.1) is 0 Å². The Morgan fingerprint density at radius 3 is 2.67 bits per heavy atom. The van der Waals surface area contributed by atoms with E-state index in [4.69, 9.17) is 10.3 Å². The highest BCUT2D eigenvalue weighted by atomic mass is 16.5. The van der Waals surface area contributed by atoms with Crippen molar-refractivity contribution in [3.05, 3.63) is 11.7 Å². The first kappa shape index (κ1) is 16.4. The van der Waals surface area contributed by atoms with Crippen LogP contribution in [0.4, 0.5) is 0 Å². The van der Waals surface area contributed by atoms with E-state index < -0.39 is 0 Å². The summed E-state index contributed by atoms with van der Waals surface area (Å²) in [7, 11) is 0. The van der Waals surface area contributed by atoms with Crippen molar-refractivity contribution in [2.24, 2.45) is 5.73 Å². The largest absolute Gasteiger partial charge is 0.339 e. The van der Waals surface area contributed by atoms with Crippen LogP contribution in [0, 0.1) is 0 Å². The lowest BCUT2D eigenvalue weighted by atomic mass is 10.1. The SMILES string of the molecule is CCCCCCCc1nc(C(N)CN2CCCCC2)no1.